The molecule has 6 nitrogen and oxygen atoms in total. The van der Waals surface area contributed by atoms with Crippen LogP contribution in [0.3, 0.4) is 0 Å². The Morgan fingerprint density at radius 3 is 2.80 bits per heavy atom. The minimum absolute atomic E-state index is 0.241. The lowest BCUT2D eigenvalue weighted by Crippen LogP contribution is -2.33. The van der Waals surface area contributed by atoms with E-state index in [0.29, 0.717) is 23.0 Å². The molecule has 1 fully saturated rings. The smallest absolute Gasteiger partial charge is 0.323 e. The third-order valence-electron chi connectivity index (χ3n) is 3.41. The summed E-state index contributed by atoms with van der Waals surface area (Å²) in [6.07, 6.45) is 3.66. The molecule has 0 spiro atoms. The number of hydrogen-bond acceptors (Lipinski definition) is 6. The maximum Gasteiger partial charge on any atom is 0.323 e. The van der Waals surface area contributed by atoms with Crippen LogP contribution in [-0.4, -0.2) is 46.5 Å². The molecule has 1 amide bonds. The van der Waals surface area contributed by atoms with Gasteiger partial charge in [0.05, 0.1) is 18.6 Å². The number of nitrogens with zero attached hydrogens (tertiary/aromatic N) is 1. The van der Waals surface area contributed by atoms with Crippen LogP contribution in [0.1, 0.15) is 25.3 Å². The number of ether oxygens (including phenoxy) is 2. The molecule has 0 aromatic heterocycles. The number of carboxylic acids is 1. The first kappa shape index (κ1) is 19.3. The van der Waals surface area contributed by atoms with Gasteiger partial charge in [-0.1, -0.05) is 43.4 Å². The fourth-order valence-corrected chi connectivity index (χ4v) is 3.40. The van der Waals surface area contributed by atoms with Gasteiger partial charge in [0.2, 0.25) is 0 Å². The highest BCUT2D eigenvalue weighted by molar-refractivity contribution is 8.26. The zero-order chi connectivity index (χ0) is 18.4. The van der Waals surface area contributed by atoms with E-state index in [4.69, 9.17) is 26.8 Å². The van der Waals surface area contributed by atoms with Crippen molar-refractivity contribution < 1.29 is 24.2 Å². The Labute approximate surface area is 155 Å². The Bertz CT molecular complexity index is 717. The highest BCUT2D eigenvalue weighted by Gasteiger charge is 2.33. The molecule has 8 heteroatoms. The SMILES string of the molecule is CCCCOc1ccc(C=C2SC(=S)N(CC(=O)O)C2=O)cc1OC. The number of amides is 1. The molecule has 1 aliphatic rings. The van der Waals surface area contributed by atoms with Gasteiger partial charge in [-0.25, -0.2) is 0 Å². The highest BCUT2D eigenvalue weighted by atomic mass is 32.2. The van der Waals surface area contributed by atoms with E-state index in [2.05, 4.69) is 6.92 Å². The van der Waals surface area contributed by atoms with Gasteiger partial charge in [-0.05, 0) is 30.2 Å². The molecule has 0 radical (unpaired) electrons. The van der Waals surface area contributed by atoms with Gasteiger partial charge in [0.15, 0.2) is 11.5 Å². The maximum absolute atomic E-state index is 12.3. The van der Waals surface area contributed by atoms with E-state index < -0.39 is 18.4 Å². The van der Waals surface area contributed by atoms with E-state index in [1.54, 1.807) is 25.3 Å². The number of rotatable bonds is 8. The van der Waals surface area contributed by atoms with E-state index in [1.165, 1.54) is 0 Å². The van der Waals surface area contributed by atoms with E-state index in [0.717, 1.165) is 35.1 Å². The molecule has 1 aromatic rings. The van der Waals surface area contributed by atoms with Crippen molar-refractivity contribution in [2.75, 3.05) is 20.3 Å². The summed E-state index contributed by atoms with van der Waals surface area (Å²) in [6.45, 7) is 2.26. The number of thioether (sulfide) groups is 1. The second kappa shape index (κ2) is 8.87. The summed E-state index contributed by atoms with van der Waals surface area (Å²) in [5, 5.41) is 8.86. The minimum Gasteiger partial charge on any atom is -0.493 e. The summed E-state index contributed by atoms with van der Waals surface area (Å²) in [6, 6.07) is 5.37. The summed E-state index contributed by atoms with van der Waals surface area (Å²) in [5.74, 6) is -0.287. The van der Waals surface area contributed by atoms with Crippen LogP contribution in [0.25, 0.3) is 6.08 Å². The van der Waals surface area contributed by atoms with Crippen molar-refractivity contribution in [3.8, 4) is 11.5 Å². The molecular weight excluding hydrogens is 362 g/mol. The molecule has 0 saturated carbocycles. The number of hydrogen-bond donors (Lipinski definition) is 1. The zero-order valence-corrected chi connectivity index (χ0v) is 15.6. The Kier molecular flexibility index (Phi) is 6.83. The summed E-state index contributed by atoms with van der Waals surface area (Å²) in [4.78, 5) is 24.6. The number of thiocarbonyl (C=S) groups is 1. The summed E-state index contributed by atoms with van der Waals surface area (Å²) in [5.41, 5.74) is 0.746. The fraction of sp³-hybridized carbons (Fsp3) is 0.353. The van der Waals surface area contributed by atoms with Crippen molar-refractivity contribution >= 4 is 46.3 Å². The average molecular weight is 381 g/mol. The topological polar surface area (TPSA) is 76.1 Å². The molecule has 0 aliphatic carbocycles. The van der Waals surface area contributed by atoms with Gasteiger partial charge in [-0.3, -0.25) is 14.5 Å². The molecule has 1 heterocycles. The Hall–Kier alpha value is -2.06. The van der Waals surface area contributed by atoms with Crippen LogP contribution >= 0.6 is 24.0 Å². The monoisotopic (exact) mass is 381 g/mol. The highest BCUT2D eigenvalue weighted by Crippen LogP contribution is 2.34. The van der Waals surface area contributed by atoms with E-state index in [1.807, 2.05) is 6.07 Å². The fourth-order valence-electron chi connectivity index (χ4n) is 2.14. The van der Waals surface area contributed by atoms with Crippen LogP contribution in [0.15, 0.2) is 23.1 Å². The molecule has 1 aliphatic heterocycles. The Balaban J connectivity index is 2.19. The largest absolute Gasteiger partial charge is 0.493 e. The number of carbonyl (C=O) groups is 2. The number of methoxy groups -OCH3 is 1. The predicted octanol–water partition coefficient (Wildman–Crippen LogP) is 3.16. The molecule has 1 saturated heterocycles. The third-order valence-corrected chi connectivity index (χ3v) is 4.79. The predicted molar refractivity (Wildman–Crippen MR) is 101 cm³/mol. The van der Waals surface area contributed by atoms with Crippen molar-refractivity contribution in [1.82, 2.24) is 4.90 Å². The number of benzene rings is 1. The van der Waals surface area contributed by atoms with E-state index >= 15 is 0 Å². The normalized spacial score (nSPS) is 15.8. The van der Waals surface area contributed by atoms with Gasteiger partial charge >= 0.3 is 5.97 Å². The number of unbranched alkanes of at least 4 members (excludes halogenated alkanes) is 1. The summed E-state index contributed by atoms with van der Waals surface area (Å²) in [7, 11) is 1.55. The van der Waals surface area contributed by atoms with Gasteiger partial charge in [-0.15, -0.1) is 0 Å². The third kappa shape index (κ3) is 4.96. The van der Waals surface area contributed by atoms with Crippen molar-refractivity contribution in [2.24, 2.45) is 0 Å². The number of carboxylic acid groups (broad SMARTS) is 1. The van der Waals surface area contributed by atoms with Crippen molar-refractivity contribution in [3.63, 3.8) is 0 Å². The first-order valence-electron chi connectivity index (χ1n) is 7.74. The van der Waals surface area contributed by atoms with Crippen LogP contribution in [0.2, 0.25) is 0 Å². The van der Waals surface area contributed by atoms with Gasteiger partial charge in [0.25, 0.3) is 5.91 Å². The van der Waals surface area contributed by atoms with Crippen LogP contribution < -0.4 is 9.47 Å². The van der Waals surface area contributed by atoms with Crippen LogP contribution in [0.4, 0.5) is 0 Å². The molecule has 0 unspecified atom stereocenters. The lowest BCUT2D eigenvalue weighted by atomic mass is 10.2. The first-order valence-corrected chi connectivity index (χ1v) is 8.96. The molecule has 25 heavy (non-hydrogen) atoms. The average Bonchev–Trinajstić information content (AvgIpc) is 2.83. The second-order valence-corrected chi connectivity index (χ2v) is 6.95. The van der Waals surface area contributed by atoms with Gasteiger partial charge < -0.3 is 14.6 Å². The molecular formula is C17H19NO5S2. The van der Waals surface area contributed by atoms with Crippen molar-refractivity contribution in [1.29, 1.82) is 0 Å². The summed E-state index contributed by atoms with van der Waals surface area (Å²) >= 11 is 6.16. The quantitative estimate of drug-likeness (QED) is 0.421. The van der Waals surface area contributed by atoms with E-state index in [-0.39, 0.29) is 4.32 Å². The standard InChI is InChI=1S/C17H19NO5S2/c1-3-4-7-23-12-6-5-11(8-13(12)22-2)9-14-16(21)18(10-15(19)20)17(24)25-14/h5-6,8-9H,3-4,7,10H2,1-2H3,(H,19,20). The van der Waals surface area contributed by atoms with Crippen molar-refractivity contribution in [3.05, 3.63) is 28.7 Å². The molecule has 2 rings (SSSR count). The van der Waals surface area contributed by atoms with Crippen LogP contribution in [0.5, 0.6) is 11.5 Å². The number of aliphatic carboxylic acids is 1. The molecule has 1 aromatic carbocycles. The molecule has 0 bridgehead atoms. The lowest BCUT2D eigenvalue weighted by molar-refractivity contribution is -0.140. The zero-order valence-electron chi connectivity index (χ0n) is 14.0. The second-order valence-electron chi connectivity index (χ2n) is 5.27. The maximum atomic E-state index is 12.3. The summed E-state index contributed by atoms with van der Waals surface area (Å²) < 4.78 is 11.3. The van der Waals surface area contributed by atoms with Crippen molar-refractivity contribution in [2.45, 2.75) is 19.8 Å². The van der Waals surface area contributed by atoms with Crippen LogP contribution in [0, 0.1) is 0 Å². The van der Waals surface area contributed by atoms with Gasteiger partial charge in [0.1, 0.15) is 10.9 Å². The van der Waals surface area contributed by atoms with Gasteiger partial charge in [-0.2, -0.15) is 0 Å². The van der Waals surface area contributed by atoms with E-state index in [9.17, 15) is 9.59 Å². The Morgan fingerprint density at radius 2 is 2.16 bits per heavy atom. The van der Waals surface area contributed by atoms with Crippen LogP contribution in [-0.2, 0) is 9.59 Å². The number of carbonyl (C=O) groups excluding carboxylic acids is 1. The molecule has 0 atom stereocenters. The molecule has 134 valence electrons. The minimum atomic E-state index is -1.10. The van der Waals surface area contributed by atoms with Gasteiger partial charge in [0, 0.05) is 0 Å². The molecule has 1 N–H and O–H groups in total. The first-order chi connectivity index (χ1) is 12.0. The Morgan fingerprint density at radius 1 is 1.40 bits per heavy atom. The lowest BCUT2D eigenvalue weighted by Gasteiger charge is -2.11.